The molecule has 3 saturated heterocycles. The average molecular weight is 386 g/mol. The number of rotatable bonds is 2. The molecule has 4 nitrogen and oxygen atoms in total. The minimum Gasteiger partial charge on any atom is -0.349 e. The molecule has 4 aliphatic rings. The predicted octanol–water partition coefficient (Wildman–Crippen LogP) is 3.21. The normalized spacial score (nSPS) is 32.9. The highest BCUT2D eigenvalue weighted by molar-refractivity contribution is 7.16. The predicted molar refractivity (Wildman–Crippen MR) is 102 cm³/mol. The van der Waals surface area contributed by atoms with Gasteiger partial charge in [0.15, 0.2) is 0 Å². The van der Waals surface area contributed by atoms with Crippen molar-refractivity contribution in [1.29, 1.82) is 0 Å². The number of hydrogen-bond acceptors (Lipinski definition) is 4. The number of nitrogens with one attached hydrogen (secondary N) is 1. The number of nitrogens with zero attached hydrogens (tertiary/aromatic N) is 2. The second-order valence-electron chi connectivity index (χ2n) is 7.11. The Morgan fingerprint density at radius 1 is 1.17 bits per heavy atom. The van der Waals surface area contributed by atoms with E-state index in [1.54, 1.807) is 11.3 Å². The lowest BCUT2D eigenvalue weighted by molar-refractivity contribution is -0.0418. The van der Waals surface area contributed by atoms with Gasteiger partial charge in [-0.05, 0) is 48.8 Å². The molecule has 0 spiro atoms. The minimum absolute atomic E-state index is 0. The van der Waals surface area contributed by atoms with Crippen molar-refractivity contribution in [2.75, 3.05) is 19.6 Å². The average Bonchev–Trinajstić information content (AvgIpc) is 2.97. The van der Waals surface area contributed by atoms with Gasteiger partial charge in [0.05, 0.1) is 15.7 Å². The topological polar surface area (TPSA) is 45.2 Å². The Balaban J connectivity index is 0.000000845. The quantitative estimate of drug-likeness (QED) is 0.862. The zero-order chi connectivity index (χ0) is 14.7. The summed E-state index contributed by atoms with van der Waals surface area (Å²) in [5.41, 5.74) is 3.58. The smallest absolute Gasteiger partial charge is 0.251 e. The monoisotopic (exact) mass is 385 g/mol. The maximum Gasteiger partial charge on any atom is 0.251 e. The summed E-state index contributed by atoms with van der Waals surface area (Å²) in [5.74, 6) is 2.27. The van der Waals surface area contributed by atoms with Gasteiger partial charge in [0.25, 0.3) is 5.91 Å². The number of amides is 1. The zero-order valence-corrected chi connectivity index (χ0v) is 15.6. The van der Waals surface area contributed by atoms with Crippen LogP contribution in [0.1, 0.15) is 23.2 Å². The van der Waals surface area contributed by atoms with Crippen LogP contribution >= 0.6 is 36.2 Å². The molecule has 1 aromatic carbocycles. The van der Waals surface area contributed by atoms with Gasteiger partial charge in [0.1, 0.15) is 0 Å². The molecule has 4 heterocycles. The number of thiazole rings is 1. The Morgan fingerprint density at radius 3 is 2.62 bits per heavy atom. The van der Waals surface area contributed by atoms with Gasteiger partial charge in [-0.3, -0.25) is 4.79 Å². The van der Waals surface area contributed by atoms with E-state index < -0.39 is 0 Å². The highest BCUT2D eigenvalue weighted by Gasteiger charge is 2.47. The van der Waals surface area contributed by atoms with E-state index >= 15 is 0 Å². The summed E-state index contributed by atoms with van der Waals surface area (Å²) < 4.78 is 1.09. The van der Waals surface area contributed by atoms with Crippen LogP contribution in [0.5, 0.6) is 0 Å². The number of halogens is 2. The van der Waals surface area contributed by atoms with Gasteiger partial charge in [0.2, 0.25) is 0 Å². The molecule has 4 bridgehead atoms. The molecular weight excluding hydrogens is 365 g/mol. The molecule has 0 radical (unpaired) electrons. The van der Waals surface area contributed by atoms with E-state index in [2.05, 4.69) is 15.2 Å². The lowest BCUT2D eigenvalue weighted by Crippen LogP contribution is -2.64. The third-order valence-corrected chi connectivity index (χ3v) is 6.47. The van der Waals surface area contributed by atoms with Crippen LogP contribution < -0.4 is 5.32 Å². The molecule has 0 unspecified atom stereocenters. The van der Waals surface area contributed by atoms with Gasteiger partial charge in [0, 0.05) is 31.2 Å². The van der Waals surface area contributed by atoms with Crippen LogP contribution in [-0.2, 0) is 0 Å². The number of aromatic nitrogens is 1. The molecule has 1 aliphatic carbocycles. The Kier molecular flexibility index (Phi) is 5.07. The maximum atomic E-state index is 12.7. The molecule has 7 heteroatoms. The number of piperidine rings is 3. The van der Waals surface area contributed by atoms with Gasteiger partial charge in [-0.2, -0.15) is 0 Å². The molecule has 6 rings (SSSR count). The first-order chi connectivity index (χ1) is 10.8. The van der Waals surface area contributed by atoms with Crippen molar-refractivity contribution in [3.05, 3.63) is 29.3 Å². The molecule has 2 atom stereocenters. The zero-order valence-electron chi connectivity index (χ0n) is 13.2. The van der Waals surface area contributed by atoms with Gasteiger partial charge >= 0.3 is 0 Å². The first kappa shape index (κ1) is 17.9. The molecule has 1 N–H and O–H groups in total. The number of carbonyl (C=O) groups is 1. The Labute approximate surface area is 157 Å². The second kappa shape index (κ2) is 6.79. The van der Waals surface area contributed by atoms with Crippen molar-refractivity contribution in [1.82, 2.24) is 15.2 Å². The lowest BCUT2D eigenvalue weighted by Gasteiger charge is -2.55. The third kappa shape index (κ3) is 2.92. The lowest BCUT2D eigenvalue weighted by atomic mass is 9.65. The molecule has 3 aliphatic heterocycles. The van der Waals surface area contributed by atoms with Gasteiger partial charge < -0.3 is 10.2 Å². The molecule has 1 saturated carbocycles. The van der Waals surface area contributed by atoms with E-state index in [1.807, 2.05) is 23.7 Å². The first-order valence-electron chi connectivity index (χ1n) is 8.13. The second-order valence-corrected chi connectivity index (χ2v) is 8.00. The van der Waals surface area contributed by atoms with Crippen LogP contribution in [0, 0.1) is 17.8 Å². The first-order valence-corrected chi connectivity index (χ1v) is 9.01. The van der Waals surface area contributed by atoms with Crippen molar-refractivity contribution in [3.63, 3.8) is 0 Å². The molecule has 130 valence electrons. The minimum atomic E-state index is 0. The van der Waals surface area contributed by atoms with Crippen LogP contribution in [0.4, 0.5) is 0 Å². The van der Waals surface area contributed by atoms with Crippen molar-refractivity contribution in [2.45, 2.75) is 18.9 Å². The van der Waals surface area contributed by atoms with Gasteiger partial charge in [-0.25, -0.2) is 4.98 Å². The summed E-state index contributed by atoms with van der Waals surface area (Å²) in [6, 6.07) is 6.19. The largest absolute Gasteiger partial charge is 0.349 e. The summed E-state index contributed by atoms with van der Waals surface area (Å²) in [5, 5.41) is 3.35. The van der Waals surface area contributed by atoms with Crippen LogP contribution in [-0.4, -0.2) is 41.5 Å². The van der Waals surface area contributed by atoms with Crippen LogP contribution in [0.15, 0.2) is 23.7 Å². The fourth-order valence-electron chi connectivity index (χ4n) is 4.87. The fraction of sp³-hybridized carbons (Fsp3) is 0.529. The van der Waals surface area contributed by atoms with Gasteiger partial charge in [-0.1, -0.05) is 0 Å². The number of benzene rings is 1. The van der Waals surface area contributed by atoms with Crippen molar-refractivity contribution >= 4 is 52.3 Å². The van der Waals surface area contributed by atoms with E-state index in [4.69, 9.17) is 0 Å². The molecule has 1 aromatic heterocycles. The number of hydrogen-bond donors (Lipinski definition) is 1. The summed E-state index contributed by atoms with van der Waals surface area (Å²) >= 11 is 1.59. The molecule has 4 fully saturated rings. The van der Waals surface area contributed by atoms with Crippen LogP contribution in [0.25, 0.3) is 10.2 Å². The Morgan fingerprint density at radius 2 is 1.92 bits per heavy atom. The van der Waals surface area contributed by atoms with Crippen molar-refractivity contribution in [3.8, 4) is 0 Å². The SMILES string of the molecule is Cl.Cl.O=C(NC1[C@@H]2CC3C[C@@H]1CN(C3)C2)c1ccc2ncsc2c1. The maximum absolute atomic E-state index is 12.7. The van der Waals surface area contributed by atoms with E-state index in [0.29, 0.717) is 17.9 Å². The highest BCUT2D eigenvalue weighted by Crippen LogP contribution is 2.43. The summed E-state index contributed by atoms with van der Waals surface area (Å²) in [6.07, 6.45) is 2.59. The molecule has 24 heavy (non-hydrogen) atoms. The summed E-state index contributed by atoms with van der Waals surface area (Å²) in [4.78, 5) is 19.5. The standard InChI is InChI=1S/C17H19N3OS.2ClH/c21-17(11-1-2-14-15(5-11)22-9-18-14)19-16-12-3-10-4-13(16)8-20(6-10)7-12;;/h1-2,5,9-10,12-13,16H,3-4,6-8H2,(H,19,21);2*1H/t10?,12-,13-,16?;;/m1../s1. The highest BCUT2D eigenvalue weighted by atomic mass is 35.5. The fourth-order valence-corrected chi connectivity index (χ4v) is 5.59. The van der Waals surface area contributed by atoms with E-state index in [9.17, 15) is 4.79 Å². The van der Waals surface area contributed by atoms with E-state index in [-0.39, 0.29) is 30.7 Å². The number of fused-ring (bicyclic) bond motifs is 1. The molecule has 2 aromatic rings. The van der Waals surface area contributed by atoms with E-state index in [1.165, 1.54) is 32.5 Å². The van der Waals surface area contributed by atoms with E-state index in [0.717, 1.165) is 21.7 Å². The summed E-state index contributed by atoms with van der Waals surface area (Å²) in [6.45, 7) is 3.63. The summed E-state index contributed by atoms with van der Waals surface area (Å²) in [7, 11) is 0. The molecule has 1 amide bonds. The number of carbonyl (C=O) groups excluding carboxylic acids is 1. The van der Waals surface area contributed by atoms with Gasteiger partial charge in [-0.15, -0.1) is 36.2 Å². The molecular formula is C17H21Cl2N3OS. The van der Waals surface area contributed by atoms with Crippen molar-refractivity contribution < 1.29 is 4.79 Å². The Bertz CT molecular complexity index is 722. The van der Waals surface area contributed by atoms with Crippen LogP contribution in [0.2, 0.25) is 0 Å². The third-order valence-electron chi connectivity index (χ3n) is 5.68. The van der Waals surface area contributed by atoms with Crippen LogP contribution in [0.3, 0.4) is 0 Å². The van der Waals surface area contributed by atoms with Crippen molar-refractivity contribution in [2.24, 2.45) is 17.8 Å². The Hall–Kier alpha value is -0.880.